The molecule has 0 bridgehead atoms. The fourth-order valence-electron chi connectivity index (χ4n) is 3.38. The minimum atomic E-state index is -1.02. The second-order valence-electron chi connectivity index (χ2n) is 8.47. The van der Waals surface area contributed by atoms with Crippen molar-refractivity contribution in [3.63, 3.8) is 0 Å². The van der Waals surface area contributed by atoms with Crippen LogP contribution in [0.4, 0.5) is 15.3 Å². The maximum absolute atomic E-state index is 12.2. The van der Waals surface area contributed by atoms with E-state index in [1.54, 1.807) is 17.0 Å². The van der Waals surface area contributed by atoms with Gasteiger partial charge in [0, 0.05) is 18.8 Å². The molecule has 2 heterocycles. The average molecular weight is 420 g/mol. The molecule has 1 atom stereocenters. The molecule has 2 aliphatic rings. The Morgan fingerprint density at radius 1 is 1.17 bits per heavy atom. The van der Waals surface area contributed by atoms with E-state index in [4.69, 9.17) is 19.3 Å². The third kappa shape index (κ3) is 5.63. The molecule has 9 nitrogen and oxygen atoms in total. The Labute approximate surface area is 175 Å². The number of ether oxygens (including phenoxy) is 3. The van der Waals surface area contributed by atoms with Crippen LogP contribution in [0.3, 0.4) is 0 Å². The summed E-state index contributed by atoms with van der Waals surface area (Å²) in [5.41, 5.74) is 0.221. The molecule has 2 aliphatic heterocycles. The third-order valence-corrected chi connectivity index (χ3v) is 4.91. The average Bonchev–Trinajstić information content (AvgIpc) is 3.06. The topological polar surface area (TPSA) is 106 Å². The molecule has 9 heteroatoms. The second kappa shape index (κ2) is 8.91. The van der Waals surface area contributed by atoms with Gasteiger partial charge in [0.15, 0.2) is 0 Å². The third-order valence-electron chi connectivity index (χ3n) is 4.91. The van der Waals surface area contributed by atoms with Crippen molar-refractivity contribution in [3.05, 3.63) is 29.8 Å². The van der Waals surface area contributed by atoms with Crippen LogP contribution >= 0.6 is 0 Å². The van der Waals surface area contributed by atoms with Gasteiger partial charge in [-0.25, -0.2) is 14.4 Å². The molecule has 2 fully saturated rings. The number of likely N-dealkylation sites (tertiary alicyclic amines) is 1. The predicted octanol–water partition coefficient (Wildman–Crippen LogP) is 3.13. The molecule has 1 aromatic carbocycles. The van der Waals surface area contributed by atoms with Crippen molar-refractivity contribution in [3.8, 4) is 0 Å². The fourth-order valence-corrected chi connectivity index (χ4v) is 3.38. The van der Waals surface area contributed by atoms with Crippen LogP contribution in [0.5, 0.6) is 0 Å². The molecular weight excluding hydrogens is 392 g/mol. The van der Waals surface area contributed by atoms with Crippen LogP contribution in [0.15, 0.2) is 24.3 Å². The lowest BCUT2D eigenvalue weighted by Crippen LogP contribution is -2.43. The highest BCUT2D eigenvalue weighted by molar-refractivity contribution is 5.92. The van der Waals surface area contributed by atoms with Crippen LogP contribution in [0, 0.1) is 0 Å². The number of carbonyl (C=O) groups excluding carboxylic acids is 2. The second-order valence-corrected chi connectivity index (χ2v) is 8.47. The molecule has 30 heavy (non-hydrogen) atoms. The molecule has 1 aromatic rings. The van der Waals surface area contributed by atoms with Crippen molar-refractivity contribution >= 4 is 23.8 Å². The molecule has 0 aromatic heterocycles. The van der Waals surface area contributed by atoms with E-state index in [-0.39, 0.29) is 24.4 Å². The molecule has 2 amide bonds. The summed E-state index contributed by atoms with van der Waals surface area (Å²) in [4.78, 5) is 38.4. The van der Waals surface area contributed by atoms with Gasteiger partial charge in [-0.15, -0.1) is 0 Å². The van der Waals surface area contributed by atoms with E-state index in [0.29, 0.717) is 38.2 Å². The number of anilines is 1. The normalized spacial score (nSPS) is 20.2. The van der Waals surface area contributed by atoms with E-state index in [1.165, 1.54) is 17.0 Å². The van der Waals surface area contributed by atoms with E-state index in [2.05, 4.69) is 0 Å². The molecule has 3 rings (SSSR count). The minimum absolute atomic E-state index is 0.00807. The first kappa shape index (κ1) is 21.9. The number of amides is 2. The highest BCUT2D eigenvalue weighted by Crippen LogP contribution is 2.23. The number of hydrogen-bond acceptors (Lipinski definition) is 6. The number of benzene rings is 1. The van der Waals surface area contributed by atoms with Gasteiger partial charge in [-0.3, -0.25) is 4.90 Å². The van der Waals surface area contributed by atoms with E-state index < -0.39 is 23.8 Å². The van der Waals surface area contributed by atoms with Crippen LogP contribution in [0.1, 0.15) is 44.0 Å². The Morgan fingerprint density at radius 2 is 1.80 bits per heavy atom. The van der Waals surface area contributed by atoms with Gasteiger partial charge in [0.05, 0.1) is 24.8 Å². The van der Waals surface area contributed by atoms with E-state index in [9.17, 15) is 14.4 Å². The Balaban J connectivity index is 1.43. The van der Waals surface area contributed by atoms with Crippen molar-refractivity contribution in [2.75, 3.05) is 31.1 Å². The quantitative estimate of drug-likeness (QED) is 0.780. The molecule has 0 saturated carbocycles. The highest BCUT2D eigenvalue weighted by Gasteiger charge is 2.34. The monoisotopic (exact) mass is 420 g/mol. The molecule has 0 aliphatic carbocycles. The summed E-state index contributed by atoms with van der Waals surface area (Å²) in [5.74, 6) is -1.02. The van der Waals surface area contributed by atoms with Crippen LogP contribution < -0.4 is 4.90 Å². The summed E-state index contributed by atoms with van der Waals surface area (Å²) in [7, 11) is 0. The number of carboxylic acids is 1. The number of aromatic carboxylic acids is 1. The predicted molar refractivity (Wildman–Crippen MR) is 108 cm³/mol. The molecule has 1 N–H and O–H groups in total. The van der Waals surface area contributed by atoms with Crippen LogP contribution in [-0.4, -0.2) is 72.2 Å². The van der Waals surface area contributed by atoms with Gasteiger partial charge in [0.25, 0.3) is 0 Å². The molecule has 2 saturated heterocycles. The number of carboxylic acid groups (broad SMARTS) is 1. The number of piperidine rings is 1. The summed E-state index contributed by atoms with van der Waals surface area (Å²) in [6, 6.07) is 6.07. The highest BCUT2D eigenvalue weighted by atomic mass is 16.6. The van der Waals surface area contributed by atoms with Crippen LogP contribution in [0.25, 0.3) is 0 Å². The maximum atomic E-state index is 12.2. The molecule has 164 valence electrons. The van der Waals surface area contributed by atoms with E-state index in [0.717, 1.165) is 0 Å². The van der Waals surface area contributed by atoms with Crippen molar-refractivity contribution in [2.24, 2.45) is 0 Å². The largest absolute Gasteiger partial charge is 0.478 e. The Kier molecular flexibility index (Phi) is 6.50. The zero-order chi connectivity index (χ0) is 21.9. The van der Waals surface area contributed by atoms with Gasteiger partial charge in [0.1, 0.15) is 11.7 Å². The summed E-state index contributed by atoms with van der Waals surface area (Å²) >= 11 is 0. The lowest BCUT2D eigenvalue weighted by atomic mass is 10.1. The summed E-state index contributed by atoms with van der Waals surface area (Å²) in [5, 5.41) is 8.97. The lowest BCUT2D eigenvalue weighted by Gasteiger charge is -2.33. The van der Waals surface area contributed by atoms with Crippen LogP contribution in [-0.2, 0) is 14.2 Å². The Morgan fingerprint density at radius 3 is 2.37 bits per heavy atom. The first-order chi connectivity index (χ1) is 14.1. The smallest absolute Gasteiger partial charge is 0.414 e. The van der Waals surface area contributed by atoms with Gasteiger partial charge in [-0.2, -0.15) is 0 Å². The fraction of sp³-hybridized carbons (Fsp3) is 0.571. The number of hydrogen-bond donors (Lipinski definition) is 1. The number of carbonyl (C=O) groups is 3. The Hall–Kier alpha value is -2.81. The van der Waals surface area contributed by atoms with Gasteiger partial charge < -0.3 is 24.2 Å². The summed E-state index contributed by atoms with van der Waals surface area (Å²) < 4.78 is 16.7. The van der Waals surface area contributed by atoms with Gasteiger partial charge in [-0.1, -0.05) is 0 Å². The minimum Gasteiger partial charge on any atom is -0.478 e. The number of nitrogens with zero attached hydrogens (tertiary/aromatic N) is 2. The number of rotatable bonds is 5. The van der Waals surface area contributed by atoms with E-state index >= 15 is 0 Å². The first-order valence-corrected chi connectivity index (χ1v) is 10.0. The van der Waals surface area contributed by atoms with Crippen molar-refractivity contribution in [1.82, 2.24) is 4.90 Å². The standard InChI is InChI=1S/C21H28N2O7/c1-21(2,3)30-19(26)22-10-8-16(9-11-22)28-13-17-12-23(20(27)29-17)15-6-4-14(5-7-15)18(24)25/h4-7,16-17H,8-13H2,1-3H3,(H,24,25). The van der Waals surface area contributed by atoms with Crippen LogP contribution in [0.2, 0.25) is 0 Å². The molecular formula is C21H28N2O7. The molecule has 0 spiro atoms. The van der Waals surface area contributed by atoms with Crippen molar-refractivity contribution in [1.29, 1.82) is 0 Å². The van der Waals surface area contributed by atoms with Crippen molar-refractivity contribution < 1.29 is 33.7 Å². The van der Waals surface area contributed by atoms with Gasteiger partial charge >= 0.3 is 18.2 Å². The zero-order valence-electron chi connectivity index (χ0n) is 17.5. The Bertz CT molecular complexity index is 780. The van der Waals surface area contributed by atoms with Crippen molar-refractivity contribution in [2.45, 2.75) is 51.4 Å². The SMILES string of the molecule is CC(C)(C)OC(=O)N1CCC(OCC2CN(c3ccc(C(=O)O)cc3)C(=O)O2)CC1. The summed E-state index contributed by atoms with van der Waals surface area (Å²) in [6.07, 6.45) is 0.189. The molecule has 0 radical (unpaired) electrons. The van der Waals surface area contributed by atoms with Gasteiger partial charge in [-0.05, 0) is 57.9 Å². The lowest BCUT2D eigenvalue weighted by molar-refractivity contribution is -0.0335. The number of cyclic esters (lactones) is 1. The van der Waals surface area contributed by atoms with Gasteiger partial charge in [0.2, 0.25) is 0 Å². The maximum Gasteiger partial charge on any atom is 0.414 e. The first-order valence-electron chi connectivity index (χ1n) is 10.0. The molecule has 1 unspecified atom stereocenters. The summed E-state index contributed by atoms with van der Waals surface area (Å²) in [6.45, 7) is 7.25. The zero-order valence-corrected chi connectivity index (χ0v) is 17.5. The van der Waals surface area contributed by atoms with E-state index in [1.807, 2.05) is 20.8 Å².